The molecular formula is C14H19N3OS. The van der Waals surface area contributed by atoms with Crippen molar-refractivity contribution in [1.82, 2.24) is 4.98 Å². The molecule has 0 radical (unpaired) electrons. The van der Waals surface area contributed by atoms with Gasteiger partial charge in [-0.1, -0.05) is 42.4 Å². The van der Waals surface area contributed by atoms with E-state index in [1.54, 1.807) is 6.20 Å². The number of nitrogens with two attached hydrogens (primary N) is 1. The van der Waals surface area contributed by atoms with Crippen LogP contribution < -0.4 is 11.1 Å². The average Bonchev–Trinajstić information content (AvgIpc) is 2.85. The minimum absolute atomic E-state index is 0.0691. The predicted molar refractivity (Wildman–Crippen MR) is 77.9 cm³/mol. The molecule has 3 N–H and O–H groups in total. The molecular weight excluding hydrogens is 258 g/mol. The van der Waals surface area contributed by atoms with E-state index in [1.807, 2.05) is 0 Å². The number of nitrogens with zero attached hydrogens (tertiary/aromatic N) is 1. The zero-order chi connectivity index (χ0) is 13.5. The lowest BCUT2D eigenvalue weighted by molar-refractivity contribution is -0.117. The molecule has 1 aromatic heterocycles. The third-order valence-corrected chi connectivity index (χ3v) is 4.09. The highest BCUT2D eigenvalue weighted by atomic mass is 32.1. The summed E-state index contributed by atoms with van der Waals surface area (Å²) < 4.78 is 0. The third-order valence-electron chi connectivity index (χ3n) is 3.26. The Balaban J connectivity index is 1.82. The van der Waals surface area contributed by atoms with Crippen molar-refractivity contribution in [3.63, 3.8) is 0 Å². The van der Waals surface area contributed by atoms with Crippen molar-refractivity contribution in [3.05, 3.63) is 11.1 Å². The second kappa shape index (κ2) is 7.27. The number of amides is 1. The minimum atomic E-state index is 0.0691. The van der Waals surface area contributed by atoms with E-state index >= 15 is 0 Å². The summed E-state index contributed by atoms with van der Waals surface area (Å²) in [5, 5.41) is 3.48. The number of carbonyl (C=O) groups excluding carboxylic acids is 1. The highest BCUT2D eigenvalue weighted by Crippen LogP contribution is 2.27. The lowest BCUT2D eigenvalue weighted by Gasteiger charge is -2.20. The molecule has 1 aromatic rings. The summed E-state index contributed by atoms with van der Waals surface area (Å²) in [6, 6.07) is 0. The first-order valence-electron chi connectivity index (χ1n) is 6.72. The van der Waals surface area contributed by atoms with Crippen LogP contribution in [0.4, 0.5) is 5.13 Å². The summed E-state index contributed by atoms with van der Waals surface area (Å²) in [4.78, 5) is 16.9. The number of aromatic nitrogens is 1. The number of rotatable bonds is 3. The number of nitrogens with one attached hydrogen (secondary N) is 1. The molecule has 2 rings (SSSR count). The largest absolute Gasteiger partial charge is 0.320 e. The van der Waals surface area contributed by atoms with Gasteiger partial charge in [-0.15, -0.1) is 0 Å². The van der Waals surface area contributed by atoms with Crippen LogP contribution >= 0.6 is 11.3 Å². The Morgan fingerprint density at radius 2 is 2.26 bits per heavy atom. The van der Waals surface area contributed by atoms with E-state index in [0.29, 0.717) is 24.0 Å². The van der Waals surface area contributed by atoms with Gasteiger partial charge in [0.2, 0.25) is 5.91 Å². The molecule has 1 heterocycles. The number of carbonyl (C=O) groups is 1. The molecule has 1 fully saturated rings. The van der Waals surface area contributed by atoms with Crippen molar-refractivity contribution in [3.8, 4) is 11.8 Å². The zero-order valence-corrected chi connectivity index (χ0v) is 11.8. The number of thiazole rings is 1. The zero-order valence-electron chi connectivity index (χ0n) is 10.9. The van der Waals surface area contributed by atoms with E-state index in [2.05, 4.69) is 22.1 Å². The molecule has 0 spiro atoms. The molecule has 5 heteroatoms. The topological polar surface area (TPSA) is 68.0 Å². The fourth-order valence-electron chi connectivity index (χ4n) is 2.35. The van der Waals surface area contributed by atoms with Crippen molar-refractivity contribution >= 4 is 22.4 Å². The molecule has 19 heavy (non-hydrogen) atoms. The molecule has 1 saturated carbocycles. The first-order valence-corrected chi connectivity index (χ1v) is 7.54. The summed E-state index contributed by atoms with van der Waals surface area (Å²) in [5.74, 6) is 6.30. The van der Waals surface area contributed by atoms with Crippen molar-refractivity contribution in [2.24, 2.45) is 11.7 Å². The Morgan fingerprint density at radius 3 is 3.00 bits per heavy atom. The van der Waals surface area contributed by atoms with E-state index in [0.717, 1.165) is 4.88 Å². The van der Waals surface area contributed by atoms with Crippen LogP contribution in [-0.2, 0) is 4.79 Å². The predicted octanol–water partition coefficient (Wildman–Crippen LogP) is 2.36. The van der Waals surface area contributed by atoms with Gasteiger partial charge in [-0.3, -0.25) is 4.79 Å². The number of anilines is 1. The molecule has 0 aliphatic heterocycles. The van der Waals surface area contributed by atoms with Crippen molar-refractivity contribution in [2.45, 2.75) is 38.5 Å². The molecule has 0 aromatic carbocycles. The quantitative estimate of drug-likeness (QED) is 0.833. The maximum atomic E-state index is 11.9. The number of hydrogen-bond acceptors (Lipinski definition) is 4. The van der Waals surface area contributed by atoms with Gasteiger partial charge in [-0.05, 0) is 18.8 Å². The molecule has 0 atom stereocenters. The second-order valence-electron chi connectivity index (χ2n) is 4.79. The molecule has 4 nitrogen and oxygen atoms in total. The smallest absolute Gasteiger partial charge is 0.226 e. The van der Waals surface area contributed by atoms with E-state index in [-0.39, 0.29) is 5.91 Å². The normalized spacial score (nSPS) is 15.6. The van der Waals surface area contributed by atoms with Crippen LogP contribution in [0.2, 0.25) is 0 Å². The summed E-state index contributed by atoms with van der Waals surface area (Å²) in [6.07, 6.45) is 8.47. The lowest BCUT2D eigenvalue weighted by Crippen LogP contribution is -2.18. The van der Waals surface area contributed by atoms with Gasteiger partial charge in [-0.25, -0.2) is 4.98 Å². The van der Waals surface area contributed by atoms with Gasteiger partial charge in [0.15, 0.2) is 5.13 Å². The average molecular weight is 277 g/mol. The second-order valence-corrected chi connectivity index (χ2v) is 5.82. The molecule has 0 unspecified atom stereocenters. The minimum Gasteiger partial charge on any atom is -0.320 e. The Labute approximate surface area is 117 Å². The van der Waals surface area contributed by atoms with Gasteiger partial charge in [-0.2, -0.15) is 0 Å². The first-order chi connectivity index (χ1) is 9.28. The van der Waals surface area contributed by atoms with Crippen LogP contribution in [0.1, 0.15) is 43.4 Å². The Hall–Kier alpha value is -1.38. The molecule has 102 valence electrons. The molecule has 0 saturated heterocycles. The summed E-state index contributed by atoms with van der Waals surface area (Å²) in [7, 11) is 0. The van der Waals surface area contributed by atoms with Gasteiger partial charge < -0.3 is 11.1 Å². The molecule has 1 aliphatic rings. The molecule has 1 amide bonds. The van der Waals surface area contributed by atoms with Crippen molar-refractivity contribution in [2.75, 3.05) is 11.9 Å². The standard InChI is InChI=1S/C14H19N3OS/c15-8-4-7-12-10-16-14(19-12)17-13(18)9-11-5-2-1-3-6-11/h10-11H,1-3,5-6,8-9,15H2,(H,16,17,18). The monoisotopic (exact) mass is 277 g/mol. The van der Waals surface area contributed by atoms with E-state index < -0.39 is 0 Å². The van der Waals surface area contributed by atoms with E-state index in [9.17, 15) is 4.79 Å². The van der Waals surface area contributed by atoms with Crippen molar-refractivity contribution in [1.29, 1.82) is 0 Å². The first kappa shape index (κ1) is 14.0. The van der Waals surface area contributed by atoms with Gasteiger partial charge in [0.1, 0.15) is 0 Å². The number of hydrogen-bond donors (Lipinski definition) is 2. The van der Waals surface area contributed by atoms with Crippen molar-refractivity contribution < 1.29 is 4.79 Å². The summed E-state index contributed by atoms with van der Waals surface area (Å²) >= 11 is 1.39. The van der Waals surface area contributed by atoms with E-state index in [4.69, 9.17) is 5.73 Å². The van der Waals surface area contributed by atoms with Crippen LogP contribution in [0.25, 0.3) is 0 Å². The van der Waals surface area contributed by atoms with Crippen LogP contribution in [0.5, 0.6) is 0 Å². The summed E-state index contributed by atoms with van der Waals surface area (Å²) in [6.45, 7) is 0.335. The van der Waals surface area contributed by atoms with Crippen LogP contribution in [0.3, 0.4) is 0 Å². The SMILES string of the molecule is NCC#Cc1cnc(NC(=O)CC2CCCCC2)s1. The Morgan fingerprint density at radius 1 is 1.47 bits per heavy atom. The van der Waals surface area contributed by atoms with Gasteiger partial charge in [0.25, 0.3) is 0 Å². The fraction of sp³-hybridized carbons (Fsp3) is 0.571. The van der Waals surface area contributed by atoms with Gasteiger partial charge >= 0.3 is 0 Å². The maximum Gasteiger partial charge on any atom is 0.226 e. The highest BCUT2D eigenvalue weighted by molar-refractivity contribution is 7.16. The summed E-state index contributed by atoms with van der Waals surface area (Å²) in [5.41, 5.74) is 5.31. The lowest BCUT2D eigenvalue weighted by atomic mass is 9.87. The third kappa shape index (κ3) is 4.66. The van der Waals surface area contributed by atoms with Gasteiger partial charge in [0.05, 0.1) is 17.6 Å². The Bertz CT molecular complexity index is 480. The van der Waals surface area contributed by atoms with E-state index in [1.165, 1.54) is 43.4 Å². The van der Waals surface area contributed by atoms with Crippen LogP contribution in [0.15, 0.2) is 6.20 Å². The molecule has 1 aliphatic carbocycles. The Kier molecular flexibility index (Phi) is 5.37. The van der Waals surface area contributed by atoms with Crippen LogP contribution in [-0.4, -0.2) is 17.4 Å². The molecule has 0 bridgehead atoms. The van der Waals surface area contributed by atoms with Gasteiger partial charge in [0, 0.05) is 6.42 Å². The highest BCUT2D eigenvalue weighted by Gasteiger charge is 2.17. The maximum absolute atomic E-state index is 11.9. The van der Waals surface area contributed by atoms with Crippen LogP contribution in [0, 0.1) is 17.8 Å². The fourth-order valence-corrected chi connectivity index (χ4v) is 3.06.